The van der Waals surface area contributed by atoms with E-state index in [0.717, 1.165) is 0 Å². The minimum atomic E-state index is -0.387. The number of carbonyl (C=O) groups is 1. The van der Waals surface area contributed by atoms with Crippen molar-refractivity contribution in [3.63, 3.8) is 0 Å². The maximum absolute atomic E-state index is 12.2. The van der Waals surface area contributed by atoms with E-state index in [4.69, 9.17) is 38.0 Å². The van der Waals surface area contributed by atoms with E-state index in [-0.39, 0.29) is 11.0 Å². The van der Waals surface area contributed by atoms with Crippen LogP contribution in [0.2, 0.25) is 5.02 Å². The first kappa shape index (κ1) is 18.8. The van der Waals surface area contributed by atoms with Crippen molar-refractivity contribution in [1.29, 1.82) is 0 Å². The molecule has 0 saturated carbocycles. The molecule has 0 aliphatic carbocycles. The Bertz CT molecular complexity index is 798. The quantitative estimate of drug-likeness (QED) is 0.774. The molecule has 132 valence electrons. The summed E-state index contributed by atoms with van der Waals surface area (Å²) in [6.07, 6.45) is 0. The first-order chi connectivity index (χ1) is 12.0. The fourth-order valence-electron chi connectivity index (χ4n) is 2.06. The minimum absolute atomic E-state index is 0.143. The summed E-state index contributed by atoms with van der Waals surface area (Å²) >= 11 is 11.2. The summed E-state index contributed by atoms with van der Waals surface area (Å²) in [6.45, 7) is 0. The fourth-order valence-corrected chi connectivity index (χ4v) is 2.53. The van der Waals surface area contributed by atoms with E-state index < -0.39 is 0 Å². The first-order valence-electron chi connectivity index (χ1n) is 7.16. The Kier molecular flexibility index (Phi) is 6.44. The summed E-state index contributed by atoms with van der Waals surface area (Å²) in [4.78, 5) is 12.2. The fraction of sp³-hybridized carbons (Fsp3) is 0.176. The Morgan fingerprint density at radius 2 is 1.60 bits per heavy atom. The van der Waals surface area contributed by atoms with Crippen LogP contribution >= 0.6 is 23.8 Å². The number of hydrogen-bond donors (Lipinski definition) is 2. The van der Waals surface area contributed by atoms with Gasteiger partial charge in [-0.25, -0.2) is 0 Å². The smallest absolute Gasteiger partial charge is 0.257 e. The first-order valence-corrected chi connectivity index (χ1v) is 7.95. The van der Waals surface area contributed by atoms with Crippen molar-refractivity contribution in [3.8, 4) is 17.2 Å². The van der Waals surface area contributed by atoms with Crippen LogP contribution in [-0.2, 0) is 0 Å². The molecule has 0 bridgehead atoms. The monoisotopic (exact) mass is 380 g/mol. The van der Waals surface area contributed by atoms with Gasteiger partial charge in [0.15, 0.2) is 16.6 Å². The van der Waals surface area contributed by atoms with E-state index >= 15 is 0 Å². The standard InChI is InChI=1S/C17H17ClN2O4S/c1-22-13-6-4-10(8-12(13)18)16(21)20-17(25)19-11-5-7-14(23-2)15(9-11)24-3/h4-9H,1-3H3,(H2,19,20,21,25). The number of carbonyl (C=O) groups excluding carboxylic acids is 1. The molecule has 0 aromatic heterocycles. The highest BCUT2D eigenvalue weighted by molar-refractivity contribution is 7.80. The zero-order valence-electron chi connectivity index (χ0n) is 13.9. The molecule has 25 heavy (non-hydrogen) atoms. The van der Waals surface area contributed by atoms with Gasteiger partial charge in [-0.15, -0.1) is 0 Å². The van der Waals surface area contributed by atoms with Crippen LogP contribution < -0.4 is 24.8 Å². The average molecular weight is 381 g/mol. The number of methoxy groups -OCH3 is 3. The lowest BCUT2D eigenvalue weighted by atomic mass is 10.2. The highest BCUT2D eigenvalue weighted by Gasteiger charge is 2.12. The molecule has 0 heterocycles. The lowest BCUT2D eigenvalue weighted by Crippen LogP contribution is -2.34. The zero-order chi connectivity index (χ0) is 18.4. The number of ether oxygens (including phenoxy) is 3. The van der Waals surface area contributed by atoms with Crippen LogP contribution in [0.4, 0.5) is 5.69 Å². The molecule has 2 N–H and O–H groups in total. The molecule has 0 unspecified atom stereocenters. The van der Waals surface area contributed by atoms with Gasteiger partial charge in [-0.3, -0.25) is 10.1 Å². The summed E-state index contributed by atoms with van der Waals surface area (Å²) in [6, 6.07) is 9.91. The van der Waals surface area contributed by atoms with Gasteiger partial charge in [0.25, 0.3) is 5.91 Å². The van der Waals surface area contributed by atoms with Crippen molar-refractivity contribution >= 4 is 40.5 Å². The van der Waals surface area contributed by atoms with E-state index in [1.165, 1.54) is 20.3 Å². The molecule has 0 fully saturated rings. The van der Waals surface area contributed by atoms with Crippen LogP contribution in [0, 0.1) is 0 Å². The van der Waals surface area contributed by atoms with Crippen LogP contribution in [0.15, 0.2) is 36.4 Å². The summed E-state index contributed by atoms with van der Waals surface area (Å²) in [7, 11) is 4.59. The molecule has 0 spiro atoms. The lowest BCUT2D eigenvalue weighted by Gasteiger charge is -2.13. The maximum Gasteiger partial charge on any atom is 0.257 e. The molecule has 0 aliphatic heterocycles. The molecule has 6 nitrogen and oxygen atoms in total. The summed E-state index contributed by atoms with van der Waals surface area (Å²) in [5.41, 5.74) is 1.01. The average Bonchev–Trinajstić information content (AvgIpc) is 2.61. The van der Waals surface area contributed by atoms with E-state index in [1.807, 2.05) is 0 Å². The van der Waals surface area contributed by atoms with E-state index in [0.29, 0.717) is 33.5 Å². The highest BCUT2D eigenvalue weighted by Crippen LogP contribution is 2.29. The topological polar surface area (TPSA) is 68.8 Å². The SMILES string of the molecule is COc1ccc(C(=O)NC(=S)Nc2ccc(OC)c(OC)c2)cc1Cl. The molecule has 0 radical (unpaired) electrons. The number of hydrogen-bond acceptors (Lipinski definition) is 5. The Labute approximate surface area is 156 Å². The molecular formula is C17H17ClN2O4S. The van der Waals surface area contributed by atoms with Gasteiger partial charge in [0, 0.05) is 17.3 Å². The van der Waals surface area contributed by atoms with Crippen LogP contribution in [0.5, 0.6) is 17.2 Å². The van der Waals surface area contributed by atoms with Gasteiger partial charge in [-0.05, 0) is 42.5 Å². The van der Waals surface area contributed by atoms with Crippen molar-refractivity contribution in [3.05, 3.63) is 47.0 Å². The van der Waals surface area contributed by atoms with Gasteiger partial charge in [0.1, 0.15) is 5.75 Å². The van der Waals surface area contributed by atoms with Gasteiger partial charge in [0.05, 0.1) is 26.4 Å². The third-order valence-corrected chi connectivity index (χ3v) is 3.78. The van der Waals surface area contributed by atoms with E-state index in [2.05, 4.69) is 10.6 Å². The van der Waals surface area contributed by atoms with E-state index in [1.54, 1.807) is 37.4 Å². The second-order valence-corrected chi connectivity index (χ2v) is 5.64. The predicted octanol–water partition coefficient (Wildman–Crippen LogP) is 3.49. The second kappa shape index (κ2) is 8.55. The number of halogens is 1. The maximum atomic E-state index is 12.2. The molecule has 8 heteroatoms. The zero-order valence-corrected chi connectivity index (χ0v) is 15.5. The number of benzene rings is 2. The Morgan fingerprint density at radius 1 is 0.960 bits per heavy atom. The summed E-state index contributed by atoms with van der Waals surface area (Å²) in [5, 5.41) is 5.98. The van der Waals surface area contributed by atoms with Gasteiger partial charge >= 0.3 is 0 Å². The number of rotatable bonds is 5. The van der Waals surface area contributed by atoms with Crippen LogP contribution in [0.1, 0.15) is 10.4 Å². The minimum Gasteiger partial charge on any atom is -0.495 e. The van der Waals surface area contributed by atoms with Gasteiger partial charge in [-0.2, -0.15) is 0 Å². The van der Waals surface area contributed by atoms with Gasteiger partial charge in [0.2, 0.25) is 0 Å². The lowest BCUT2D eigenvalue weighted by molar-refractivity contribution is 0.0977. The Morgan fingerprint density at radius 3 is 2.20 bits per heavy atom. The van der Waals surface area contributed by atoms with Crippen LogP contribution in [0.25, 0.3) is 0 Å². The third kappa shape index (κ3) is 4.74. The number of thiocarbonyl (C=S) groups is 1. The van der Waals surface area contributed by atoms with Crippen molar-refractivity contribution in [2.45, 2.75) is 0 Å². The normalized spacial score (nSPS) is 9.92. The molecule has 2 rings (SSSR count). The molecule has 1 amide bonds. The molecule has 0 saturated heterocycles. The predicted molar refractivity (Wildman–Crippen MR) is 101 cm³/mol. The largest absolute Gasteiger partial charge is 0.495 e. The molecule has 0 aliphatic rings. The van der Waals surface area contributed by atoms with Crippen LogP contribution in [-0.4, -0.2) is 32.3 Å². The third-order valence-electron chi connectivity index (χ3n) is 3.28. The molecular weight excluding hydrogens is 364 g/mol. The number of nitrogens with one attached hydrogen (secondary N) is 2. The summed E-state index contributed by atoms with van der Waals surface area (Å²) < 4.78 is 15.4. The molecule has 2 aromatic rings. The number of amides is 1. The Hall–Kier alpha value is -2.51. The number of anilines is 1. The van der Waals surface area contributed by atoms with Crippen molar-refractivity contribution in [1.82, 2.24) is 5.32 Å². The van der Waals surface area contributed by atoms with Crippen molar-refractivity contribution < 1.29 is 19.0 Å². The van der Waals surface area contributed by atoms with Gasteiger partial charge < -0.3 is 19.5 Å². The molecule has 2 aromatic carbocycles. The van der Waals surface area contributed by atoms with Crippen molar-refractivity contribution in [2.75, 3.05) is 26.6 Å². The highest BCUT2D eigenvalue weighted by atomic mass is 35.5. The van der Waals surface area contributed by atoms with Gasteiger partial charge in [-0.1, -0.05) is 11.6 Å². The van der Waals surface area contributed by atoms with E-state index in [9.17, 15) is 4.79 Å². The second-order valence-electron chi connectivity index (χ2n) is 4.83. The summed E-state index contributed by atoms with van der Waals surface area (Å²) in [5.74, 6) is 1.24. The van der Waals surface area contributed by atoms with Crippen LogP contribution in [0.3, 0.4) is 0 Å². The Balaban J connectivity index is 2.04. The molecule has 0 atom stereocenters. The van der Waals surface area contributed by atoms with Crippen molar-refractivity contribution in [2.24, 2.45) is 0 Å².